The Balaban J connectivity index is 2.51. The molecule has 5 heteroatoms. The summed E-state index contributed by atoms with van der Waals surface area (Å²) in [7, 11) is 1.48. The van der Waals surface area contributed by atoms with E-state index in [4.69, 9.17) is 10.5 Å². The van der Waals surface area contributed by atoms with Crippen LogP contribution < -0.4 is 11.1 Å². The van der Waals surface area contributed by atoms with Crippen LogP contribution >= 0.6 is 11.3 Å². The van der Waals surface area contributed by atoms with Gasteiger partial charge in [-0.05, 0) is 18.4 Å². The van der Waals surface area contributed by atoms with E-state index in [9.17, 15) is 4.79 Å². The zero-order chi connectivity index (χ0) is 11.3. The fraction of sp³-hybridized carbons (Fsp3) is 0.500. The maximum atomic E-state index is 11.6. The van der Waals surface area contributed by atoms with E-state index < -0.39 is 6.10 Å². The van der Waals surface area contributed by atoms with E-state index in [0.717, 1.165) is 4.88 Å². The molecule has 0 saturated heterocycles. The number of carbonyl (C=O) groups is 1. The van der Waals surface area contributed by atoms with E-state index in [2.05, 4.69) is 5.32 Å². The number of nitrogens with one attached hydrogen (secondary N) is 1. The van der Waals surface area contributed by atoms with E-state index in [-0.39, 0.29) is 18.5 Å². The molecule has 1 aromatic rings. The third kappa shape index (κ3) is 3.30. The van der Waals surface area contributed by atoms with E-state index in [1.165, 1.54) is 7.11 Å². The molecule has 1 rings (SSSR count). The van der Waals surface area contributed by atoms with Crippen molar-refractivity contribution in [2.24, 2.45) is 5.73 Å². The molecule has 0 aromatic carbocycles. The molecule has 0 aliphatic heterocycles. The van der Waals surface area contributed by atoms with Crippen LogP contribution in [0.25, 0.3) is 0 Å². The number of hydrogen-bond donors (Lipinski definition) is 2. The van der Waals surface area contributed by atoms with Crippen molar-refractivity contribution < 1.29 is 9.53 Å². The predicted molar refractivity (Wildman–Crippen MR) is 60.7 cm³/mol. The van der Waals surface area contributed by atoms with E-state index in [1.54, 1.807) is 11.3 Å². The average Bonchev–Trinajstić information content (AvgIpc) is 2.72. The lowest BCUT2D eigenvalue weighted by Crippen LogP contribution is -2.41. The highest BCUT2D eigenvalue weighted by Gasteiger charge is 2.18. The molecule has 84 valence electrons. The van der Waals surface area contributed by atoms with Crippen LogP contribution in [0.4, 0.5) is 0 Å². The molecular weight excluding hydrogens is 212 g/mol. The Morgan fingerprint density at radius 3 is 2.93 bits per heavy atom. The number of thiophene rings is 1. The van der Waals surface area contributed by atoms with Gasteiger partial charge in [0.05, 0.1) is 6.04 Å². The normalized spacial score (nSPS) is 14.6. The lowest BCUT2D eigenvalue weighted by atomic mass is 10.2. The Morgan fingerprint density at radius 1 is 1.73 bits per heavy atom. The number of rotatable bonds is 5. The summed E-state index contributed by atoms with van der Waals surface area (Å²) in [6.45, 7) is 2.13. The molecule has 0 saturated carbocycles. The fourth-order valence-electron chi connectivity index (χ4n) is 1.23. The summed E-state index contributed by atoms with van der Waals surface area (Å²) in [5.74, 6) is -0.166. The largest absolute Gasteiger partial charge is 0.370 e. The summed E-state index contributed by atoms with van der Waals surface area (Å²) in [4.78, 5) is 12.7. The van der Waals surface area contributed by atoms with Gasteiger partial charge in [-0.2, -0.15) is 0 Å². The van der Waals surface area contributed by atoms with Gasteiger partial charge >= 0.3 is 0 Å². The number of hydrogen-bond acceptors (Lipinski definition) is 4. The van der Waals surface area contributed by atoms with E-state index in [0.29, 0.717) is 0 Å². The maximum absolute atomic E-state index is 11.6. The highest BCUT2D eigenvalue weighted by Crippen LogP contribution is 2.18. The summed E-state index contributed by atoms with van der Waals surface area (Å²) in [5, 5.41) is 4.83. The van der Waals surface area contributed by atoms with Gasteiger partial charge in [0.2, 0.25) is 0 Å². The van der Waals surface area contributed by atoms with Gasteiger partial charge in [-0.1, -0.05) is 6.07 Å². The third-order valence-electron chi connectivity index (χ3n) is 2.12. The number of ether oxygens (including phenoxy) is 1. The third-order valence-corrected chi connectivity index (χ3v) is 3.17. The molecule has 0 aliphatic carbocycles. The second-order valence-electron chi connectivity index (χ2n) is 3.21. The molecule has 2 atom stereocenters. The smallest absolute Gasteiger partial charge is 0.250 e. The van der Waals surface area contributed by atoms with Crippen LogP contribution in [-0.4, -0.2) is 25.7 Å². The van der Waals surface area contributed by atoms with Crippen molar-refractivity contribution in [1.29, 1.82) is 0 Å². The minimum absolute atomic E-state index is 0.00157. The van der Waals surface area contributed by atoms with Gasteiger partial charge in [0.1, 0.15) is 6.10 Å². The van der Waals surface area contributed by atoms with Crippen LogP contribution in [0.1, 0.15) is 17.8 Å². The Hall–Kier alpha value is -0.910. The lowest BCUT2D eigenvalue weighted by molar-refractivity contribution is -0.131. The molecule has 1 amide bonds. The second kappa shape index (κ2) is 5.85. The molecule has 0 bridgehead atoms. The van der Waals surface area contributed by atoms with Gasteiger partial charge in [0.25, 0.3) is 5.91 Å². The molecule has 0 spiro atoms. The molecule has 0 aliphatic rings. The zero-order valence-corrected chi connectivity index (χ0v) is 9.71. The predicted octanol–water partition coefficient (Wildman–Crippen LogP) is 0.899. The number of carbonyl (C=O) groups excluding carboxylic acids is 1. The van der Waals surface area contributed by atoms with Crippen LogP contribution in [-0.2, 0) is 9.53 Å². The quantitative estimate of drug-likeness (QED) is 0.787. The van der Waals surface area contributed by atoms with Crippen LogP contribution in [0.15, 0.2) is 17.5 Å². The SMILES string of the molecule is COC(CN)C(=O)N[C@H](C)c1cccs1. The van der Waals surface area contributed by atoms with E-state index in [1.807, 2.05) is 24.4 Å². The molecule has 1 aromatic heterocycles. The van der Waals surface area contributed by atoms with Gasteiger partial charge in [-0.3, -0.25) is 4.79 Å². The topological polar surface area (TPSA) is 64.3 Å². The van der Waals surface area contributed by atoms with Crippen molar-refractivity contribution >= 4 is 17.2 Å². The Morgan fingerprint density at radius 2 is 2.47 bits per heavy atom. The number of amides is 1. The number of nitrogens with two attached hydrogens (primary N) is 1. The van der Waals surface area contributed by atoms with Crippen LogP contribution in [0.3, 0.4) is 0 Å². The van der Waals surface area contributed by atoms with Crippen molar-refractivity contribution in [3.8, 4) is 0 Å². The van der Waals surface area contributed by atoms with Crippen molar-refractivity contribution in [1.82, 2.24) is 5.32 Å². The van der Waals surface area contributed by atoms with Crippen molar-refractivity contribution in [3.63, 3.8) is 0 Å². The lowest BCUT2D eigenvalue weighted by Gasteiger charge is -2.17. The summed E-state index contributed by atoms with van der Waals surface area (Å²) in [5.41, 5.74) is 5.40. The van der Waals surface area contributed by atoms with Gasteiger partial charge in [-0.25, -0.2) is 0 Å². The van der Waals surface area contributed by atoms with Gasteiger partial charge in [-0.15, -0.1) is 11.3 Å². The molecule has 0 radical (unpaired) electrons. The molecule has 1 unspecified atom stereocenters. The minimum Gasteiger partial charge on any atom is -0.370 e. The molecule has 1 heterocycles. The first-order chi connectivity index (χ1) is 7.19. The van der Waals surface area contributed by atoms with Gasteiger partial charge < -0.3 is 15.8 Å². The first-order valence-corrected chi connectivity index (χ1v) is 5.63. The second-order valence-corrected chi connectivity index (χ2v) is 4.19. The Bertz CT molecular complexity index is 296. The Kier molecular flexibility index (Phi) is 4.74. The molecule has 4 nitrogen and oxygen atoms in total. The van der Waals surface area contributed by atoms with Crippen molar-refractivity contribution in [3.05, 3.63) is 22.4 Å². The van der Waals surface area contributed by atoms with Gasteiger partial charge in [0.15, 0.2) is 0 Å². The molecular formula is C10H16N2O2S. The van der Waals surface area contributed by atoms with Crippen molar-refractivity contribution in [2.45, 2.75) is 19.1 Å². The van der Waals surface area contributed by atoms with Crippen LogP contribution in [0, 0.1) is 0 Å². The summed E-state index contributed by atoms with van der Waals surface area (Å²) in [6, 6.07) is 3.95. The van der Waals surface area contributed by atoms with Gasteiger partial charge in [0, 0.05) is 18.5 Å². The van der Waals surface area contributed by atoms with Crippen LogP contribution in [0.5, 0.6) is 0 Å². The van der Waals surface area contributed by atoms with E-state index >= 15 is 0 Å². The first kappa shape index (κ1) is 12.2. The molecule has 3 N–H and O–H groups in total. The Labute approximate surface area is 93.4 Å². The summed E-state index contributed by atoms with van der Waals surface area (Å²) < 4.78 is 4.95. The van der Waals surface area contributed by atoms with Crippen LogP contribution in [0.2, 0.25) is 0 Å². The monoisotopic (exact) mass is 228 g/mol. The maximum Gasteiger partial charge on any atom is 0.250 e. The summed E-state index contributed by atoms with van der Waals surface area (Å²) >= 11 is 1.61. The summed E-state index contributed by atoms with van der Waals surface area (Å²) in [6.07, 6.45) is -0.563. The molecule has 15 heavy (non-hydrogen) atoms. The zero-order valence-electron chi connectivity index (χ0n) is 8.90. The number of methoxy groups -OCH3 is 1. The average molecular weight is 228 g/mol. The minimum atomic E-state index is -0.563. The highest BCUT2D eigenvalue weighted by molar-refractivity contribution is 7.10. The highest BCUT2D eigenvalue weighted by atomic mass is 32.1. The van der Waals surface area contributed by atoms with Crippen molar-refractivity contribution in [2.75, 3.05) is 13.7 Å². The standard InChI is InChI=1S/C10H16N2O2S/c1-7(9-4-3-5-15-9)12-10(13)8(6-11)14-2/h3-5,7-8H,6,11H2,1-2H3,(H,12,13)/t7-,8?/m1/s1. The fourth-order valence-corrected chi connectivity index (χ4v) is 1.96. The first-order valence-electron chi connectivity index (χ1n) is 4.75. The molecule has 0 fully saturated rings.